The van der Waals surface area contributed by atoms with Gasteiger partial charge in [-0.2, -0.15) is 0 Å². The van der Waals surface area contributed by atoms with Gasteiger partial charge in [-0.05, 0) is 0 Å². The molecule has 39 heavy (non-hydrogen) atoms. The smallest absolute Gasteiger partial charge is 0.339 e. The molecule has 4 aliphatic rings. The molecule has 2 bridgehead atoms. The molecule has 0 saturated heterocycles. The van der Waals surface area contributed by atoms with Crippen LogP contribution in [0.1, 0.15) is 0 Å². The van der Waals surface area contributed by atoms with Crippen molar-refractivity contribution >= 4 is 35.8 Å². The summed E-state index contributed by atoms with van der Waals surface area (Å²) in [6, 6.07) is 0. The molecule has 0 amide bonds. The van der Waals surface area contributed by atoms with Gasteiger partial charge >= 0.3 is 35.8 Å². The molecule has 0 unspecified atom stereocenters. The lowest BCUT2D eigenvalue weighted by molar-refractivity contribution is -0.154. The molecule has 0 heterocycles. The first-order chi connectivity index (χ1) is 18.5. The van der Waals surface area contributed by atoms with Gasteiger partial charge in [0.2, 0.25) is 0 Å². The maximum atomic E-state index is 13.5. The molecule has 13 nitrogen and oxygen atoms in total. The van der Waals surface area contributed by atoms with Crippen molar-refractivity contribution < 1.29 is 61.9 Å². The number of methoxy groups -OCH3 is 7. The Bertz CT molecular complexity index is 1250. The second kappa shape index (κ2) is 11.2. The molecule has 0 aromatic heterocycles. The van der Waals surface area contributed by atoms with Crippen molar-refractivity contribution in [1.29, 1.82) is 0 Å². The van der Waals surface area contributed by atoms with Crippen molar-refractivity contribution in [2.24, 2.45) is 23.7 Å². The molecule has 4 aliphatic carbocycles. The van der Waals surface area contributed by atoms with Crippen LogP contribution in [-0.4, -0.2) is 91.2 Å². The number of carbonyl (C=O) groups is 6. The number of rotatable bonds is 7. The van der Waals surface area contributed by atoms with Gasteiger partial charge in [-0.1, -0.05) is 18.2 Å². The van der Waals surface area contributed by atoms with E-state index in [-0.39, 0.29) is 5.57 Å². The van der Waals surface area contributed by atoms with Crippen molar-refractivity contribution in [2.75, 3.05) is 49.8 Å². The number of hydrogen-bond donors (Lipinski definition) is 0. The van der Waals surface area contributed by atoms with E-state index in [1.807, 2.05) is 0 Å². The molecule has 210 valence electrons. The second-order valence-electron chi connectivity index (χ2n) is 8.58. The Hall–Kier alpha value is -4.26. The molecular formula is C26H28O13. The minimum atomic E-state index is -1.99. The first-order valence-electron chi connectivity index (χ1n) is 11.5. The van der Waals surface area contributed by atoms with Crippen LogP contribution in [0.4, 0.5) is 0 Å². The van der Waals surface area contributed by atoms with Crippen molar-refractivity contribution in [3.05, 3.63) is 46.1 Å². The topological polar surface area (TPSA) is 167 Å². The van der Waals surface area contributed by atoms with E-state index in [4.69, 9.17) is 33.2 Å². The molecular weight excluding hydrogens is 520 g/mol. The third kappa shape index (κ3) is 4.22. The molecule has 5 atom stereocenters. The van der Waals surface area contributed by atoms with E-state index in [0.717, 1.165) is 42.7 Å². The summed E-state index contributed by atoms with van der Waals surface area (Å²) in [7, 11) is 7.51. The molecule has 0 aromatic carbocycles. The van der Waals surface area contributed by atoms with E-state index in [1.165, 1.54) is 19.3 Å². The van der Waals surface area contributed by atoms with Crippen LogP contribution in [-0.2, 0) is 61.9 Å². The third-order valence-electron chi connectivity index (χ3n) is 7.22. The number of allylic oxidation sites excluding steroid dienone is 1. The fourth-order valence-electron chi connectivity index (χ4n) is 5.73. The van der Waals surface area contributed by atoms with Crippen molar-refractivity contribution in [3.8, 4) is 0 Å². The monoisotopic (exact) mass is 548 g/mol. The molecule has 0 aliphatic heterocycles. The summed E-state index contributed by atoms with van der Waals surface area (Å²) in [6.07, 6.45) is 4.42. The number of hydrogen-bond acceptors (Lipinski definition) is 13. The zero-order chi connectivity index (χ0) is 29.2. The van der Waals surface area contributed by atoms with E-state index in [1.54, 1.807) is 6.08 Å². The molecule has 0 aromatic rings. The predicted octanol–water partition coefficient (Wildman–Crippen LogP) is -0.00900. The first-order valence-corrected chi connectivity index (χ1v) is 11.5. The van der Waals surface area contributed by atoms with Crippen LogP contribution in [0.25, 0.3) is 0 Å². The summed E-state index contributed by atoms with van der Waals surface area (Å²) in [4.78, 5) is 79.4. The average molecular weight is 548 g/mol. The van der Waals surface area contributed by atoms with Gasteiger partial charge < -0.3 is 33.2 Å². The van der Waals surface area contributed by atoms with Crippen LogP contribution in [0.5, 0.6) is 0 Å². The standard InChI is InChI=1S/C26H28O13/c1-33-20(27)13-10-11-8-9-12(14(13)21(28)34-2)18-16(23(30)36-4)15(22(29)35-3)17(24(31)37-5)19(25(32)38-6)26(11,18)39-7/h8-12,14,18H,1-7H3/t11-,12+,14-,18-,26-/m0/s1. The Morgan fingerprint density at radius 1 is 0.641 bits per heavy atom. The van der Waals surface area contributed by atoms with E-state index in [2.05, 4.69) is 0 Å². The molecule has 13 heteroatoms. The van der Waals surface area contributed by atoms with Crippen LogP contribution in [0.15, 0.2) is 46.1 Å². The van der Waals surface area contributed by atoms with Crippen LogP contribution < -0.4 is 0 Å². The summed E-state index contributed by atoms with van der Waals surface area (Å²) in [5.41, 5.74) is -4.35. The highest BCUT2D eigenvalue weighted by Crippen LogP contribution is 2.59. The van der Waals surface area contributed by atoms with Crippen LogP contribution in [0.3, 0.4) is 0 Å². The lowest BCUT2D eigenvalue weighted by Crippen LogP contribution is -2.59. The lowest BCUT2D eigenvalue weighted by Gasteiger charge is -2.51. The Labute approximate surface area is 223 Å². The maximum absolute atomic E-state index is 13.5. The Kier molecular flexibility index (Phi) is 8.44. The highest BCUT2D eigenvalue weighted by atomic mass is 16.6. The predicted molar refractivity (Wildman–Crippen MR) is 127 cm³/mol. The summed E-state index contributed by atoms with van der Waals surface area (Å²) in [5.74, 6) is -11.3. The quantitative estimate of drug-likeness (QED) is 0.237. The Morgan fingerprint density at radius 3 is 1.67 bits per heavy atom. The molecule has 0 fully saturated rings. The lowest BCUT2D eigenvalue weighted by atomic mass is 9.56. The normalized spacial score (nSPS) is 27.0. The number of esters is 6. The number of carbonyl (C=O) groups excluding carboxylic acids is 6. The highest BCUT2D eigenvalue weighted by molar-refractivity contribution is 6.17. The van der Waals surface area contributed by atoms with Crippen molar-refractivity contribution in [1.82, 2.24) is 0 Å². The average Bonchev–Trinajstić information content (AvgIpc) is 3.23. The Morgan fingerprint density at radius 2 is 1.18 bits per heavy atom. The zero-order valence-electron chi connectivity index (χ0n) is 22.3. The van der Waals surface area contributed by atoms with Gasteiger partial charge in [0.15, 0.2) is 0 Å². The van der Waals surface area contributed by atoms with E-state index >= 15 is 0 Å². The van der Waals surface area contributed by atoms with Crippen molar-refractivity contribution in [3.63, 3.8) is 0 Å². The third-order valence-corrected chi connectivity index (χ3v) is 7.22. The summed E-state index contributed by atoms with van der Waals surface area (Å²) >= 11 is 0. The largest absolute Gasteiger partial charge is 0.469 e. The van der Waals surface area contributed by atoms with Crippen LogP contribution in [0.2, 0.25) is 0 Å². The molecule has 0 radical (unpaired) electrons. The summed E-state index contributed by atoms with van der Waals surface area (Å²) < 4.78 is 35.7. The summed E-state index contributed by atoms with van der Waals surface area (Å²) in [6.45, 7) is 0. The van der Waals surface area contributed by atoms with E-state index in [9.17, 15) is 28.8 Å². The second-order valence-corrected chi connectivity index (χ2v) is 8.58. The maximum Gasteiger partial charge on any atom is 0.339 e. The van der Waals surface area contributed by atoms with Gasteiger partial charge in [0.05, 0.1) is 70.9 Å². The number of ether oxygens (including phenoxy) is 7. The number of fused-ring (bicyclic) bond motifs is 1. The molecule has 4 rings (SSSR count). The van der Waals surface area contributed by atoms with Gasteiger partial charge in [-0.15, -0.1) is 0 Å². The van der Waals surface area contributed by atoms with E-state index < -0.39 is 87.4 Å². The van der Waals surface area contributed by atoms with Crippen molar-refractivity contribution in [2.45, 2.75) is 5.60 Å². The fraction of sp³-hybridized carbons (Fsp3) is 0.462. The van der Waals surface area contributed by atoms with Crippen LogP contribution >= 0.6 is 0 Å². The first kappa shape index (κ1) is 29.3. The SMILES string of the molecule is COC(=O)C1=C[C@@H]2C=C[C@H]([C@@H]1C(=O)OC)[C@H]1C(C(=O)OC)=C(C(=O)OC)C(C(=O)OC)=C(C(=O)OC)[C@]21OC. The van der Waals surface area contributed by atoms with Gasteiger partial charge in [0, 0.05) is 30.4 Å². The van der Waals surface area contributed by atoms with Gasteiger partial charge in [-0.25, -0.2) is 24.0 Å². The highest BCUT2D eigenvalue weighted by Gasteiger charge is 2.66. The minimum absolute atomic E-state index is 0.150. The van der Waals surface area contributed by atoms with E-state index in [0.29, 0.717) is 0 Å². The van der Waals surface area contributed by atoms with Crippen LogP contribution in [0, 0.1) is 23.7 Å². The van der Waals surface area contributed by atoms with Gasteiger partial charge in [-0.3, -0.25) is 4.79 Å². The minimum Gasteiger partial charge on any atom is -0.469 e. The molecule has 0 N–H and O–H groups in total. The Balaban J connectivity index is 2.66. The zero-order valence-corrected chi connectivity index (χ0v) is 22.3. The fourth-order valence-corrected chi connectivity index (χ4v) is 5.73. The van der Waals surface area contributed by atoms with Gasteiger partial charge in [0.25, 0.3) is 0 Å². The molecule has 0 spiro atoms. The van der Waals surface area contributed by atoms with Gasteiger partial charge in [0.1, 0.15) is 5.60 Å². The summed E-state index contributed by atoms with van der Waals surface area (Å²) in [5, 5.41) is 0. The molecule has 0 saturated carbocycles.